The minimum absolute atomic E-state index is 0.562. The predicted octanol–water partition coefficient (Wildman–Crippen LogP) is 3.55. The summed E-state index contributed by atoms with van der Waals surface area (Å²) < 4.78 is 0. The largest absolute Gasteiger partial charge is 0.298 e. The van der Waals surface area contributed by atoms with Gasteiger partial charge >= 0.3 is 0 Å². The highest BCUT2D eigenvalue weighted by atomic mass is 15.1. The van der Waals surface area contributed by atoms with Crippen LogP contribution < -0.4 is 0 Å². The lowest BCUT2D eigenvalue weighted by atomic mass is 9.97. The number of benzene rings is 2. The molecule has 1 unspecified atom stereocenters. The van der Waals surface area contributed by atoms with Gasteiger partial charge in [0.05, 0.1) is 11.6 Å². The van der Waals surface area contributed by atoms with Crippen molar-refractivity contribution in [2.24, 2.45) is 0 Å². The zero-order valence-electron chi connectivity index (χ0n) is 11.5. The molecule has 0 spiro atoms. The molecule has 0 amide bonds. The number of nitriles is 1. The average Bonchev–Trinajstić information content (AvgIpc) is 2.97. The van der Waals surface area contributed by atoms with E-state index in [1.54, 1.807) is 0 Å². The Morgan fingerprint density at radius 3 is 2.75 bits per heavy atom. The number of nitrogens with zero attached hydrogens (tertiary/aromatic N) is 2. The number of likely N-dealkylation sites (tertiary alicyclic amines) is 1. The van der Waals surface area contributed by atoms with Crippen molar-refractivity contribution >= 4 is 0 Å². The molecular weight excluding hydrogens is 244 g/mol. The van der Waals surface area contributed by atoms with E-state index < -0.39 is 0 Å². The van der Waals surface area contributed by atoms with Gasteiger partial charge in [-0.3, -0.25) is 4.90 Å². The number of hydrogen-bond acceptors (Lipinski definition) is 2. The van der Waals surface area contributed by atoms with Crippen molar-refractivity contribution in [3.05, 3.63) is 71.3 Å². The van der Waals surface area contributed by atoms with Gasteiger partial charge in [-0.2, -0.15) is 5.26 Å². The molecule has 2 nitrogen and oxygen atoms in total. The van der Waals surface area contributed by atoms with Crippen LogP contribution in [-0.2, 0) is 6.54 Å². The van der Waals surface area contributed by atoms with Gasteiger partial charge in [0.25, 0.3) is 0 Å². The van der Waals surface area contributed by atoms with Crippen molar-refractivity contribution in [1.82, 2.24) is 4.90 Å². The third kappa shape index (κ3) is 2.89. The first-order valence-corrected chi connectivity index (χ1v) is 7.11. The Balaban J connectivity index is 1.66. The van der Waals surface area contributed by atoms with E-state index in [2.05, 4.69) is 47.4 Å². The summed E-state index contributed by atoms with van der Waals surface area (Å²) in [6.45, 7) is 3.25. The summed E-state index contributed by atoms with van der Waals surface area (Å²) in [6.07, 6.45) is 1.18. The molecule has 0 N–H and O–H groups in total. The van der Waals surface area contributed by atoms with Crippen LogP contribution in [0.3, 0.4) is 0 Å². The number of hydrogen-bond donors (Lipinski definition) is 0. The molecule has 1 saturated heterocycles. The monoisotopic (exact) mass is 262 g/mol. The lowest BCUT2D eigenvalue weighted by molar-refractivity contribution is 0.327. The molecule has 0 radical (unpaired) electrons. The molecule has 1 fully saturated rings. The molecule has 1 aliphatic rings. The molecule has 20 heavy (non-hydrogen) atoms. The van der Waals surface area contributed by atoms with Gasteiger partial charge in [0.15, 0.2) is 0 Å². The second-order valence-electron chi connectivity index (χ2n) is 5.44. The molecule has 1 atom stereocenters. The molecular formula is C18H18N2. The van der Waals surface area contributed by atoms with Gasteiger partial charge in [-0.15, -0.1) is 0 Å². The van der Waals surface area contributed by atoms with Crippen molar-refractivity contribution in [1.29, 1.82) is 5.26 Å². The van der Waals surface area contributed by atoms with E-state index in [-0.39, 0.29) is 0 Å². The topological polar surface area (TPSA) is 27.0 Å². The van der Waals surface area contributed by atoms with E-state index in [1.807, 2.05) is 18.2 Å². The first-order chi connectivity index (χ1) is 9.85. The van der Waals surface area contributed by atoms with Crippen LogP contribution in [0.15, 0.2) is 54.6 Å². The smallest absolute Gasteiger partial charge is 0.0991 e. The fraction of sp³-hybridized carbons (Fsp3) is 0.278. The maximum Gasteiger partial charge on any atom is 0.0991 e. The van der Waals surface area contributed by atoms with Crippen LogP contribution in [0.1, 0.15) is 29.0 Å². The minimum Gasteiger partial charge on any atom is -0.298 e. The normalized spacial score (nSPS) is 18.9. The van der Waals surface area contributed by atoms with Crippen molar-refractivity contribution < 1.29 is 0 Å². The number of rotatable bonds is 3. The summed E-state index contributed by atoms with van der Waals surface area (Å²) >= 11 is 0. The zero-order valence-corrected chi connectivity index (χ0v) is 11.5. The third-order valence-electron chi connectivity index (χ3n) is 4.01. The molecule has 0 saturated carbocycles. The zero-order chi connectivity index (χ0) is 13.8. The fourth-order valence-corrected chi connectivity index (χ4v) is 2.95. The van der Waals surface area contributed by atoms with Crippen LogP contribution in [0, 0.1) is 11.3 Å². The van der Waals surface area contributed by atoms with Crippen molar-refractivity contribution in [2.75, 3.05) is 13.1 Å². The summed E-state index contributed by atoms with van der Waals surface area (Å²) in [6, 6.07) is 20.9. The summed E-state index contributed by atoms with van der Waals surface area (Å²) in [7, 11) is 0. The highest BCUT2D eigenvalue weighted by Crippen LogP contribution is 2.28. The lowest BCUT2D eigenvalue weighted by Crippen LogP contribution is -2.19. The standard InChI is InChI=1S/C18H18N2/c19-12-16-7-4-8-17(11-16)18-9-10-20(14-18)13-15-5-2-1-3-6-15/h1-8,11,18H,9-10,13-14H2. The van der Waals surface area contributed by atoms with E-state index in [1.165, 1.54) is 17.5 Å². The molecule has 0 aliphatic carbocycles. The molecule has 100 valence electrons. The summed E-state index contributed by atoms with van der Waals surface area (Å²) in [5, 5.41) is 8.99. The maximum absolute atomic E-state index is 8.99. The predicted molar refractivity (Wildman–Crippen MR) is 80.2 cm³/mol. The molecule has 2 aromatic rings. The van der Waals surface area contributed by atoms with E-state index in [9.17, 15) is 0 Å². The Bertz CT molecular complexity index is 613. The molecule has 2 aromatic carbocycles. The lowest BCUT2D eigenvalue weighted by Gasteiger charge is -2.16. The van der Waals surface area contributed by atoms with Crippen molar-refractivity contribution in [3.63, 3.8) is 0 Å². The molecule has 3 rings (SSSR count). The van der Waals surface area contributed by atoms with E-state index in [0.717, 1.165) is 25.2 Å². The van der Waals surface area contributed by atoms with Gasteiger partial charge in [-0.1, -0.05) is 42.5 Å². The summed E-state index contributed by atoms with van der Waals surface area (Å²) in [5.41, 5.74) is 3.45. The van der Waals surface area contributed by atoms with Gasteiger partial charge in [-0.05, 0) is 42.1 Å². The highest BCUT2D eigenvalue weighted by Gasteiger charge is 2.23. The quantitative estimate of drug-likeness (QED) is 0.846. The third-order valence-corrected chi connectivity index (χ3v) is 4.01. The van der Waals surface area contributed by atoms with Crippen LogP contribution in [0.25, 0.3) is 0 Å². The van der Waals surface area contributed by atoms with Crippen LogP contribution in [0.2, 0.25) is 0 Å². The Labute approximate surface area is 120 Å². The van der Waals surface area contributed by atoms with Crippen molar-refractivity contribution in [2.45, 2.75) is 18.9 Å². The highest BCUT2D eigenvalue weighted by molar-refractivity contribution is 5.35. The second kappa shape index (κ2) is 5.90. The van der Waals surface area contributed by atoms with E-state index >= 15 is 0 Å². The van der Waals surface area contributed by atoms with Crippen LogP contribution in [0.4, 0.5) is 0 Å². The first kappa shape index (κ1) is 12.9. The van der Waals surface area contributed by atoms with E-state index in [4.69, 9.17) is 5.26 Å². The average molecular weight is 262 g/mol. The molecule has 1 heterocycles. The summed E-state index contributed by atoms with van der Waals surface area (Å²) in [5.74, 6) is 0.562. The minimum atomic E-state index is 0.562. The second-order valence-corrected chi connectivity index (χ2v) is 5.44. The first-order valence-electron chi connectivity index (χ1n) is 7.11. The Hall–Kier alpha value is -2.11. The molecule has 1 aliphatic heterocycles. The van der Waals surface area contributed by atoms with E-state index in [0.29, 0.717) is 5.92 Å². The maximum atomic E-state index is 8.99. The summed E-state index contributed by atoms with van der Waals surface area (Å²) in [4.78, 5) is 2.50. The Kier molecular flexibility index (Phi) is 3.80. The van der Waals surface area contributed by atoms with Crippen LogP contribution >= 0.6 is 0 Å². The molecule has 0 bridgehead atoms. The van der Waals surface area contributed by atoms with Gasteiger partial charge in [0.2, 0.25) is 0 Å². The van der Waals surface area contributed by atoms with Crippen LogP contribution in [0.5, 0.6) is 0 Å². The van der Waals surface area contributed by atoms with Gasteiger partial charge in [-0.25, -0.2) is 0 Å². The van der Waals surface area contributed by atoms with Crippen LogP contribution in [-0.4, -0.2) is 18.0 Å². The van der Waals surface area contributed by atoms with Crippen molar-refractivity contribution in [3.8, 4) is 6.07 Å². The van der Waals surface area contributed by atoms with Gasteiger partial charge < -0.3 is 0 Å². The Morgan fingerprint density at radius 2 is 1.95 bits per heavy atom. The molecule has 0 aromatic heterocycles. The Morgan fingerprint density at radius 1 is 1.10 bits per heavy atom. The SMILES string of the molecule is N#Cc1cccc(C2CCN(Cc3ccccc3)C2)c1. The van der Waals surface area contributed by atoms with Gasteiger partial charge in [0, 0.05) is 13.1 Å². The fourth-order valence-electron chi connectivity index (χ4n) is 2.95. The van der Waals surface area contributed by atoms with Gasteiger partial charge in [0.1, 0.15) is 0 Å². The molecule has 2 heteroatoms.